The van der Waals surface area contributed by atoms with Crippen LogP contribution >= 0.6 is 22.6 Å². The smallest absolute Gasteiger partial charge is 0.0727 e. The Bertz CT molecular complexity index is 549. The van der Waals surface area contributed by atoms with Gasteiger partial charge in [0.05, 0.1) is 11.2 Å². The van der Waals surface area contributed by atoms with Gasteiger partial charge in [-0.3, -0.25) is 10.8 Å². The van der Waals surface area contributed by atoms with Gasteiger partial charge in [-0.2, -0.15) is 0 Å². The fraction of sp³-hybridized carbons (Fsp3) is 0.250. The van der Waals surface area contributed by atoms with Gasteiger partial charge < -0.3 is 5.43 Å². The number of anilines is 1. The van der Waals surface area contributed by atoms with Crippen LogP contribution in [0.1, 0.15) is 24.5 Å². The molecule has 16 heavy (non-hydrogen) atoms. The summed E-state index contributed by atoms with van der Waals surface area (Å²) < 4.78 is 1.20. The molecule has 1 fully saturated rings. The maximum Gasteiger partial charge on any atom is 0.0727 e. The summed E-state index contributed by atoms with van der Waals surface area (Å²) in [5.41, 5.74) is 5.95. The van der Waals surface area contributed by atoms with Crippen molar-refractivity contribution in [1.29, 1.82) is 0 Å². The molecule has 0 atom stereocenters. The highest BCUT2D eigenvalue weighted by molar-refractivity contribution is 14.1. The number of benzene rings is 1. The van der Waals surface area contributed by atoms with Crippen LogP contribution in [0.25, 0.3) is 10.9 Å². The van der Waals surface area contributed by atoms with Crippen LogP contribution in [0.5, 0.6) is 0 Å². The van der Waals surface area contributed by atoms with Crippen molar-refractivity contribution in [2.75, 3.05) is 5.43 Å². The lowest BCUT2D eigenvalue weighted by molar-refractivity contribution is 1.04. The Hall–Kier alpha value is -0.880. The Morgan fingerprint density at radius 2 is 2.12 bits per heavy atom. The Kier molecular flexibility index (Phi) is 2.48. The van der Waals surface area contributed by atoms with Crippen molar-refractivity contribution < 1.29 is 0 Å². The summed E-state index contributed by atoms with van der Waals surface area (Å²) in [7, 11) is 0. The molecule has 0 saturated heterocycles. The average Bonchev–Trinajstić information content (AvgIpc) is 3.11. The highest BCUT2D eigenvalue weighted by Gasteiger charge is 2.25. The maximum atomic E-state index is 5.58. The quantitative estimate of drug-likeness (QED) is 0.507. The minimum atomic E-state index is 0.649. The van der Waals surface area contributed by atoms with Crippen LogP contribution in [0, 0.1) is 3.57 Å². The number of hydrazine groups is 1. The number of hydrogen-bond acceptors (Lipinski definition) is 3. The molecule has 0 bridgehead atoms. The number of aromatic nitrogens is 1. The minimum absolute atomic E-state index is 0.649. The number of pyridine rings is 1. The molecule has 0 spiro atoms. The molecular weight excluding hydrogens is 313 g/mol. The highest BCUT2D eigenvalue weighted by Crippen LogP contribution is 2.41. The van der Waals surface area contributed by atoms with E-state index >= 15 is 0 Å². The van der Waals surface area contributed by atoms with Gasteiger partial charge in [0, 0.05) is 20.6 Å². The van der Waals surface area contributed by atoms with E-state index in [1.165, 1.54) is 22.1 Å². The molecule has 1 saturated carbocycles. The molecule has 1 aromatic carbocycles. The molecular formula is C12H12IN3. The van der Waals surface area contributed by atoms with E-state index in [4.69, 9.17) is 5.84 Å². The number of fused-ring (bicyclic) bond motifs is 1. The van der Waals surface area contributed by atoms with Crippen LogP contribution in [0.3, 0.4) is 0 Å². The zero-order chi connectivity index (χ0) is 11.1. The van der Waals surface area contributed by atoms with E-state index in [1.54, 1.807) is 0 Å². The molecule has 1 aromatic heterocycles. The van der Waals surface area contributed by atoms with E-state index in [-0.39, 0.29) is 0 Å². The van der Waals surface area contributed by atoms with E-state index in [0.717, 1.165) is 16.6 Å². The first kappa shape index (κ1) is 10.3. The van der Waals surface area contributed by atoms with Gasteiger partial charge in [-0.05, 0) is 59.7 Å². The summed E-state index contributed by atoms with van der Waals surface area (Å²) in [5.74, 6) is 6.22. The monoisotopic (exact) mass is 325 g/mol. The lowest BCUT2D eigenvalue weighted by Gasteiger charge is -2.08. The molecule has 4 heteroatoms. The van der Waals surface area contributed by atoms with Crippen molar-refractivity contribution in [3.63, 3.8) is 0 Å². The van der Waals surface area contributed by atoms with Gasteiger partial charge in [0.25, 0.3) is 0 Å². The van der Waals surface area contributed by atoms with Crippen LogP contribution in [-0.4, -0.2) is 4.98 Å². The fourth-order valence-corrected chi connectivity index (χ4v) is 2.42. The number of nitrogens with two attached hydrogens (primary N) is 1. The summed E-state index contributed by atoms with van der Waals surface area (Å²) in [6, 6.07) is 8.32. The number of rotatable bonds is 2. The standard InChI is InChI=1S/C12H12IN3/c13-8-3-4-10-9(5-8)12(16-14)6-11(15-10)7-1-2-7/h3-7H,1-2,14H2,(H,15,16). The molecule has 0 aliphatic heterocycles. The first-order valence-electron chi connectivity index (χ1n) is 5.35. The SMILES string of the molecule is NNc1cc(C2CC2)nc2ccc(I)cc12. The topological polar surface area (TPSA) is 50.9 Å². The second kappa shape index (κ2) is 3.85. The normalized spacial score (nSPS) is 15.4. The van der Waals surface area contributed by atoms with E-state index in [9.17, 15) is 0 Å². The first-order chi connectivity index (χ1) is 7.78. The molecule has 1 heterocycles. The predicted octanol–water partition coefficient (Wildman–Crippen LogP) is 3.00. The second-order valence-corrected chi connectivity index (χ2v) is 5.42. The summed E-state index contributed by atoms with van der Waals surface area (Å²) in [6.45, 7) is 0. The summed E-state index contributed by atoms with van der Waals surface area (Å²) >= 11 is 2.30. The molecule has 2 aromatic rings. The van der Waals surface area contributed by atoms with Crippen LogP contribution in [-0.2, 0) is 0 Å². The van der Waals surface area contributed by atoms with Crippen molar-refractivity contribution >= 4 is 39.2 Å². The number of nitrogens with zero attached hydrogens (tertiary/aromatic N) is 1. The van der Waals surface area contributed by atoms with Gasteiger partial charge in [0.15, 0.2) is 0 Å². The van der Waals surface area contributed by atoms with Crippen molar-refractivity contribution in [3.8, 4) is 0 Å². The number of hydrogen-bond donors (Lipinski definition) is 2. The Morgan fingerprint density at radius 3 is 2.81 bits per heavy atom. The van der Waals surface area contributed by atoms with Gasteiger partial charge in [0.1, 0.15) is 0 Å². The van der Waals surface area contributed by atoms with Gasteiger partial charge in [-0.25, -0.2) is 0 Å². The first-order valence-corrected chi connectivity index (χ1v) is 6.42. The van der Waals surface area contributed by atoms with E-state index < -0.39 is 0 Å². The Balaban J connectivity index is 2.25. The number of halogens is 1. The number of nitrogen functional groups attached to an aromatic ring is 1. The maximum absolute atomic E-state index is 5.58. The molecule has 3 N–H and O–H groups in total. The second-order valence-electron chi connectivity index (χ2n) is 4.17. The van der Waals surface area contributed by atoms with E-state index in [1.807, 2.05) is 0 Å². The highest BCUT2D eigenvalue weighted by atomic mass is 127. The van der Waals surface area contributed by atoms with Gasteiger partial charge in [-0.15, -0.1) is 0 Å². The predicted molar refractivity (Wildman–Crippen MR) is 74.2 cm³/mol. The van der Waals surface area contributed by atoms with Gasteiger partial charge in [0.2, 0.25) is 0 Å². The molecule has 3 rings (SSSR count). The van der Waals surface area contributed by atoms with E-state index in [2.05, 4.69) is 57.3 Å². The minimum Gasteiger partial charge on any atom is -0.323 e. The van der Waals surface area contributed by atoms with Gasteiger partial charge >= 0.3 is 0 Å². The molecule has 0 unspecified atom stereocenters. The molecule has 1 aliphatic rings. The molecule has 1 aliphatic carbocycles. The molecule has 3 nitrogen and oxygen atoms in total. The third-order valence-electron chi connectivity index (χ3n) is 2.94. The molecule has 82 valence electrons. The molecule has 0 amide bonds. The van der Waals surface area contributed by atoms with Crippen molar-refractivity contribution in [1.82, 2.24) is 4.98 Å². The van der Waals surface area contributed by atoms with Crippen molar-refractivity contribution in [3.05, 3.63) is 33.5 Å². The average molecular weight is 325 g/mol. The van der Waals surface area contributed by atoms with Gasteiger partial charge in [-0.1, -0.05) is 0 Å². The van der Waals surface area contributed by atoms with Crippen molar-refractivity contribution in [2.45, 2.75) is 18.8 Å². The third kappa shape index (κ3) is 1.76. The van der Waals surface area contributed by atoms with Crippen LogP contribution in [0.15, 0.2) is 24.3 Å². The Morgan fingerprint density at radius 1 is 1.31 bits per heavy atom. The zero-order valence-electron chi connectivity index (χ0n) is 8.70. The summed E-state index contributed by atoms with van der Waals surface area (Å²) in [5, 5.41) is 1.10. The third-order valence-corrected chi connectivity index (χ3v) is 3.61. The lowest BCUT2D eigenvalue weighted by Crippen LogP contribution is -2.08. The summed E-state index contributed by atoms with van der Waals surface area (Å²) in [6.07, 6.45) is 2.51. The molecule has 0 radical (unpaired) electrons. The van der Waals surface area contributed by atoms with Crippen molar-refractivity contribution in [2.24, 2.45) is 5.84 Å². The number of nitrogens with one attached hydrogen (secondary N) is 1. The largest absolute Gasteiger partial charge is 0.323 e. The van der Waals surface area contributed by atoms with Crippen LogP contribution in [0.4, 0.5) is 5.69 Å². The van der Waals surface area contributed by atoms with Crippen LogP contribution < -0.4 is 11.3 Å². The van der Waals surface area contributed by atoms with Crippen LogP contribution in [0.2, 0.25) is 0 Å². The fourth-order valence-electron chi connectivity index (χ4n) is 1.93. The summed E-state index contributed by atoms with van der Waals surface area (Å²) in [4.78, 5) is 4.69. The lowest BCUT2D eigenvalue weighted by atomic mass is 10.1. The Labute approximate surface area is 108 Å². The van der Waals surface area contributed by atoms with E-state index in [0.29, 0.717) is 5.92 Å². The zero-order valence-corrected chi connectivity index (χ0v) is 10.9.